The molecule has 0 aromatic heterocycles. The summed E-state index contributed by atoms with van der Waals surface area (Å²) < 4.78 is 10.7. The molecule has 0 N–H and O–H groups in total. The number of rotatable bonds is 5. The molecule has 2 aromatic rings. The van der Waals surface area contributed by atoms with Crippen molar-refractivity contribution in [1.82, 2.24) is 4.90 Å². The Bertz CT molecular complexity index is 633. The van der Waals surface area contributed by atoms with Gasteiger partial charge in [0.05, 0.1) is 14.2 Å². The zero-order valence-electron chi connectivity index (χ0n) is 13.3. The molecule has 0 bridgehead atoms. The number of nitrogens with zero attached hydrogens (tertiary/aromatic N) is 1. The first-order chi connectivity index (χ1) is 10.8. The van der Waals surface area contributed by atoms with Crippen molar-refractivity contribution in [2.45, 2.75) is 19.4 Å². The van der Waals surface area contributed by atoms with Crippen molar-refractivity contribution < 1.29 is 9.47 Å². The lowest BCUT2D eigenvalue weighted by atomic mass is 10.0. The van der Waals surface area contributed by atoms with Gasteiger partial charge in [-0.2, -0.15) is 0 Å². The maximum Gasteiger partial charge on any atom is 0.161 e. The van der Waals surface area contributed by atoms with Gasteiger partial charge in [-0.15, -0.1) is 0 Å². The van der Waals surface area contributed by atoms with E-state index in [4.69, 9.17) is 9.47 Å². The second kappa shape index (κ2) is 6.84. The van der Waals surface area contributed by atoms with Crippen molar-refractivity contribution in [3.8, 4) is 22.6 Å². The molecule has 116 valence electrons. The second-order valence-electron chi connectivity index (χ2n) is 5.75. The number of likely N-dealkylation sites (tertiary alicyclic amines) is 1. The summed E-state index contributed by atoms with van der Waals surface area (Å²) in [4.78, 5) is 2.52. The lowest BCUT2D eigenvalue weighted by molar-refractivity contribution is 0.331. The summed E-state index contributed by atoms with van der Waals surface area (Å²) in [6, 6.07) is 14.8. The highest BCUT2D eigenvalue weighted by Crippen LogP contribution is 2.32. The standard InChI is InChI=1S/C19H23NO2/c1-21-18-9-8-17(13-19(18)22-2)16-7-5-6-15(12-16)14-20-10-3-4-11-20/h5-9,12-13H,3-4,10-11,14H2,1-2H3. The molecule has 0 atom stereocenters. The van der Waals surface area contributed by atoms with Crippen molar-refractivity contribution in [2.75, 3.05) is 27.3 Å². The third kappa shape index (κ3) is 3.25. The SMILES string of the molecule is COc1ccc(-c2cccc(CN3CCCC3)c2)cc1OC. The summed E-state index contributed by atoms with van der Waals surface area (Å²) in [6.07, 6.45) is 2.66. The molecule has 0 aliphatic carbocycles. The molecule has 0 unspecified atom stereocenters. The third-order valence-electron chi connectivity index (χ3n) is 4.25. The van der Waals surface area contributed by atoms with Gasteiger partial charge in [-0.05, 0) is 60.8 Å². The van der Waals surface area contributed by atoms with E-state index in [1.807, 2.05) is 12.1 Å². The molecule has 0 spiro atoms. The fraction of sp³-hybridized carbons (Fsp3) is 0.368. The van der Waals surface area contributed by atoms with Gasteiger partial charge in [-0.25, -0.2) is 0 Å². The topological polar surface area (TPSA) is 21.7 Å². The maximum atomic E-state index is 5.40. The van der Waals surface area contributed by atoms with Crippen LogP contribution in [0.1, 0.15) is 18.4 Å². The van der Waals surface area contributed by atoms with Gasteiger partial charge in [0.1, 0.15) is 0 Å². The molecule has 3 rings (SSSR count). The molecular formula is C19H23NO2. The van der Waals surface area contributed by atoms with E-state index in [2.05, 4.69) is 35.2 Å². The van der Waals surface area contributed by atoms with E-state index < -0.39 is 0 Å². The van der Waals surface area contributed by atoms with Crippen LogP contribution in [0.15, 0.2) is 42.5 Å². The van der Waals surface area contributed by atoms with Crippen LogP contribution in [0.25, 0.3) is 11.1 Å². The minimum absolute atomic E-state index is 0.763. The molecule has 2 aromatic carbocycles. The highest BCUT2D eigenvalue weighted by molar-refractivity contribution is 5.67. The first-order valence-corrected chi connectivity index (χ1v) is 7.84. The summed E-state index contributed by atoms with van der Waals surface area (Å²) in [5, 5.41) is 0. The van der Waals surface area contributed by atoms with Crippen LogP contribution in [0.2, 0.25) is 0 Å². The number of ether oxygens (including phenoxy) is 2. The van der Waals surface area contributed by atoms with Crippen LogP contribution in [0.4, 0.5) is 0 Å². The highest BCUT2D eigenvalue weighted by atomic mass is 16.5. The normalized spacial score (nSPS) is 15.0. The number of hydrogen-bond donors (Lipinski definition) is 0. The Morgan fingerprint density at radius 1 is 0.864 bits per heavy atom. The summed E-state index contributed by atoms with van der Waals surface area (Å²) in [5.41, 5.74) is 3.74. The zero-order chi connectivity index (χ0) is 15.4. The van der Waals surface area contributed by atoms with Gasteiger partial charge in [-0.1, -0.05) is 24.3 Å². The maximum absolute atomic E-state index is 5.40. The average Bonchev–Trinajstić information content (AvgIpc) is 3.07. The predicted octanol–water partition coefficient (Wildman–Crippen LogP) is 3.97. The monoisotopic (exact) mass is 297 g/mol. The first-order valence-electron chi connectivity index (χ1n) is 7.84. The summed E-state index contributed by atoms with van der Waals surface area (Å²) >= 11 is 0. The molecule has 0 radical (unpaired) electrons. The Morgan fingerprint density at radius 2 is 1.59 bits per heavy atom. The van der Waals surface area contributed by atoms with E-state index in [-0.39, 0.29) is 0 Å². The van der Waals surface area contributed by atoms with Crippen LogP contribution >= 0.6 is 0 Å². The fourth-order valence-corrected chi connectivity index (χ4v) is 3.06. The first kappa shape index (κ1) is 14.9. The Kier molecular flexibility index (Phi) is 4.64. The quantitative estimate of drug-likeness (QED) is 0.833. The molecule has 1 saturated heterocycles. The molecule has 1 aliphatic rings. The van der Waals surface area contributed by atoms with Gasteiger partial charge in [0.2, 0.25) is 0 Å². The summed E-state index contributed by atoms with van der Waals surface area (Å²) in [6.45, 7) is 3.49. The van der Waals surface area contributed by atoms with E-state index in [0.29, 0.717) is 0 Å². The van der Waals surface area contributed by atoms with Gasteiger partial charge >= 0.3 is 0 Å². The fourth-order valence-electron chi connectivity index (χ4n) is 3.06. The predicted molar refractivity (Wildman–Crippen MR) is 89.5 cm³/mol. The minimum Gasteiger partial charge on any atom is -0.493 e. The van der Waals surface area contributed by atoms with E-state index >= 15 is 0 Å². The molecule has 3 nitrogen and oxygen atoms in total. The molecule has 22 heavy (non-hydrogen) atoms. The van der Waals surface area contributed by atoms with Crippen LogP contribution in [-0.4, -0.2) is 32.2 Å². The third-order valence-corrected chi connectivity index (χ3v) is 4.25. The highest BCUT2D eigenvalue weighted by Gasteiger charge is 2.12. The summed E-state index contributed by atoms with van der Waals surface area (Å²) in [5.74, 6) is 1.53. The van der Waals surface area contributed by atoms with Crippen LogP contribution in [0, 0.1) is 0 Å². The minimum atomic E-state index is 0.763. The average molecular weight is 297 g/mol. The van der Waals surface area contributed by atoms with Crippen LogP contribution in [0.5, 0.6) is 11.5 Å². The van der Waals surface area contributed by atoms with Gasteiger partial charge in [0.25, 0.3) is 0 Å². The summed E-state index contributed by atoms with van der Waals surface area (Å²) in [7, 11) is 3.33. The van der Waals surface area contributed by atoms with Gasteiger partial charge in [0, 0.05) is 6.54 Å². The van der Waals surface area contributed by atoms with Gasteiger partial charge < -0.3 is 9.47 Å². The molecule has 0 amide bonds. The largest absolute Gasteiger partial charge is 0.493 e. The van der Waals surface area contributed by atoms with Crippen LogP contribution < -0.4 is 9.47 Å². The molecular weight excluding hydrogens is 274 g/mol. The Labute approximate surface area is 132 Å². The van der Waals surface area contributed by atoms with Gasteiger partial charge in [-0.3, -0.25) is 4.90 Å². The lowest BCUT2D eigenvalue weighted by Gasteiger charge is -2.15. The zero-order valence-corrected chi connectivity index (χ0v) is 13.3. The van der Waals surface area contributed by atoms with Crippen molar-refractivity contribution in [2.24, 2.45) is 0 Å². The van der Waals surface area contributed by atoms with Crippen LogP contribution in [-0.2, 0) is 6.54 Å². The van der Waals surface area contributed by atoms with E-state index in [1.54, 1.807) is 14.2 Å². The van der Waals surface area contributed by atoms with Gasteiger partial charge in [0.15, 0.2) is 11.5 Å². The van der Waals surface area contributed by atoms with Crippen molar-refractivity contribution in [3.05, 3.63) is 48.0 Å². The van der Waals surface area contributed by atoms with Crippen molar-refractivity contribution in [1.29, 1.82) is 0 Å². The van der Waals surface area contributed by atoms with Crippen molar-refractivity contribution >= 4 is 0 Å². The molecule has 1 heterocycles. The van der Waals surface area contributed by atoms with E-state index in [0.717, 1.165) is 23.6 Å². The molecule has 0 saturated carbocycles. The molecule has 3 heteroatoms. The molecule has 1 aliphatic heterocycles. The van der Waals surface area contributed by atoms with Crippen molar-refractivity contribution in [3.63, 3.8) is 0 Å². The Hall–Kier alpha value is -2.00. The number of benzene rings is 2. The lowest BCUT2D eigenvalue weighted by Crippen LogP contribution is -2.18. The van der Waals surface area contributed by atoms with E-state index in [1.165, 1.54) is 37.1 Å². The smallest absolute Gasteiger partial charge is 0.161 e. The number of methoxy groups -OCH3 is 2. The van der Waals surface area contributed by atoms with E-state index in [9.17, 15) is 0 Å². The number of hydrogen-bond acceptors (Lipinski definition) is 3. The second-order valence-corrected chi connectivity index (χ2v) is 5.75. The Balaban J connectivity index is 1.84. The van der Waals surface area contributed by atoms with Crippen LogP contribution in [0.3, 0.4) is 0 Å². The Morgan fingerprint density at radius 3 is 2.32 bits per heavy atom. The molecule has 1 fully saturated rings.